The molecule has 130 valence electrons. The molecule has 2 aliphatic rings. The quantitative estimate of drug-likeness (QED) is 0.294. The van der Waals surface area contributed by atoms with E-state index in [2.05, 4.69) is 27.2 Å². The molecule has 1 unspecified atom stereocenters. The summed E-state index contributed by atoms with van der Waals surface area (Å²) in [6.45, 7) is 7.75. The van der Waals surface area contributed by atoms with Gasteiger partial charge in [0.2, 0.25) is 0 Å². The normalized spacial score (nSPS) is 22.6. The molecule has 0 aromatic rings. The molecule has 2 heterocycles. The number of nitrogens with one attached hydrogen (secondary N) is 1. The Bertz CT molecular complexity index is 315. The highest BCUT2D eigenvalue weighted by Gasteiger charge is 2.18. The summed E-state index contributed by atoms with van der Waals surface area (Å²) in [5, 5.41) is 3.49. The molecule has 6 heteroatoms. The largest absolute Gasteiger partial charge is 0.381 e. The van der Waals surface area contributed by atoms with E-state index >= 15 is 0 Å². The molecule has 2 rings (SSSR count). The van der Waals surface area contributed by atoms with Crippen LogP contribution in [0, 0.1) is 5.92 Å². The lowest BCUT2D eigenvalue weighted by Gasteiger charge is -2.24. The highest BCUT2D eigenvalue weighted by Crippen LogP contribution is 2.13. The number of hydrogen-bond acceptors (Lipinski definition) is 3. The Balaban J connectivity index is 0.00000242. The third kappa shape index (κ3) is 7.00. The van der Waals surface area contributed by atoms with Gasteiger partial charge in [-0.15, -0.1) is 24.0 Å². The molecule has 1 atom stereocenters. The smallest absolute Gasteiger partial charge is 0.193 e. The van der Waals surface area contributed by atoms with Gasteiger partial charge in [-0.25, -0.2) is 0 Å². The molecule has 2 aliphatic heterocycles. The monoisotopic (exact) mass is 424 g/mol. The zero-order valence-electron chi connectivity index (χ0n) is 14.2. The number of unbranched alkanes of at least 4 members (excludes halogenated alkanes) is 1. The van der Waals surface area contributed by atoms with Crippen LogP contribution < -0.4 is 5.32 Å². The number of aliphatic imine (C=N–C) groups is 1. The molecule has 2 fully saturated rings. The van der Waals surface area contributed by atoms with Crippen LogP contribution in [0.15, 0.2) is 4.99 Å². The van der Waals surface area contributed by atoms with Gasteiger partial charge in [0.1, 0.15) is 0 Å². The van der Waals surface area contributed by atoms with Crippen LogP contribution in [0.4, 0.5) is 0 Å². The van der Waals surface area contributed by atoms with E-state index in [-0.39, 0.29) is 24.0 Å². The van der Waals surface area contributed by atoms with Crippen LogP contribution in [0.2, 0.25) is 0 Å². The molecule has 0 aromatic carbocycles. The zero-order valence-corrected chi connectivity index (χ0v) is 16.6. The third-order valence-corrected chi connectivity index (χ3v) is 4.51. The van der Waals surface area contributed by atoms with Gasteiger partial charge in [0.25, 0.3) is 0 Å². The maximum atomic E-state index is 5.44. The Morgan fingerprint density at radius 3 is 2.73 bits per heavy atom. The minimum absolute atomic E-state index is 0. The van der Waals surface area contributed by atoms with Gasteiger partial charge in [0.15, 0.2) is 5.96 Å². The van der Waals surface area contributed by atoms with Crippen molar-refractivity contribution in [2.24, 2.45) is 10.9 Å². The van der Waals surface area contributed by atoms with E-state index in [0.29, 0.717) is 5.92 Å². The fourth-order valence-corrected chi connectivity index (χ4v) is 3.25. The second-order valence-electron chi connectivity index (χ2n) is 6.34. The Kier molecular flexibility index (Phi) is 10.4. The SMILES string of the molecule is CN=C(NCCCCN1CCCC1)N(C)CC1CCOC1.I. The average molecular weight is 424 g/mol. The minimum atomic E-state index is 0. The average Bonchev–Trinajstić information content (AvgIpc) is 3.16. The van der Waals surface area contributed by atoms with Crippen LogP contribution in [0.25, 0.3) is 0 Å². The van der Waals surface area contributed by atoms with Crippen LogP contribution in [-0.2, 0) is 4.74 Å². The second-order valence-corrected chi connectivity index (χ2v) is 6.34. The minimum Gasteiger partial charge on any atom is -0.381 e. The maximum Gasteiger partial charge on any atom is 0.193 e. The van der Waals surface area contributed by atoms with Crippen molar-refractivity contribution < 1.29 is 4.74 Å². The third-order valence-electron chi connectivity index (χ3n) is 4.51. The van der Waals surface area contributed by atoms with Gasteiger partial charge in [-0.3, -0.25) is 4.99 Å². The molecular weight excluding hydrogens is 391 g/mol. The van der Waals surface area contributed by atoms with Crippen LogP contribution >= 0.6 is 24.0 Å². The molecule has 1 N–H and O–H groups in total. The van der Waals surface area contributed by atoms with Crippen molar-refractivity contribution in [2.75, 3.05) is 60.0 Å². The van der Waals surface area contributed by atoms with Gasteiger partial charge in [0, 0.05) is 39.7 Å². The standard InChI is InChI=1S/C16H32N4O.HI/c1-17-16(19(2)13-15-7-12-21-14-15)18-8-3-4-9-20-10-5-6-11-20;/h15H,3-14H2,1-2H3,(H,17,18);1H. The van der Waals surface area contributed by atoms with E-state index < -0.39 is 0 Å². The summed E-state index contributed by atoms with van der Waals surface area (Å²) in [5.74, 6) is 1.67. The number of guanidine groups is 1. The fraction of sp³-hybridized carbons (Fsp3) is 0.938. The fourth-order valence-electron chi connectivity index (χ4n) is 3.25. The van der Waals surface area contributed by atoms with Gasteiger partial charge in [-0.05, 0) is 51.7 Å². The Morgan fingerprint density at radius 1 is 1.32 bits per heavy atom. The van der Waals surface area contributed by atoms with Crippen molar-refractivity contribution in [3.8, 4) is 0 Å². The summed E-state index contributed by atoms with van der Waals surface area (Å²) in [4.78, 5) is 9.21. The van der Waals surface area contributed by atoms with E-state index in [1.165, 1.54) is 51.7 Å². The lowest BCUT2D eigenvalue weighted by atomic mass is 10.1. The first kappa shape index (κ1) is 20.0. The first-order valence-corrected chi connectivity index (χ1v) is 8.51. The van der Waals surface area contributed by atoms with Crippen molar-refractivity contribution >= 4 is 29.9 Å². The predicted octanol–water partition coefficient (Wildman–Crippen LogP) is 2.02. The van der Waals surface area contributed by atoms with Crippen molar-refractivity contribution in [3.05, 3.63) is 0 Å². The molecule has 0 aromatic heterocycles. The maximum absolute atomic E-state index is 5.44. The predicted molar refractivity (Wildman–Crippen MR) is 103 cm³/mol. The summed E-state index contributed by atoms with van der Waals surface area (Å²) >= 11 is 0. The molecule has 5 nitrogen and oxygen atoms in total. The summed E-state index contributed by atoms with van der Waals surface area (Å²) in [5.41, 5.74) is 0. The van der Waals surface area contributed by atoms with Crippen molar-refractivity contribution in [1.29, 1.82) is 0 Å². The number of rotatable bonds is 7. The van der Waals surface area contributed by atoms with Gasteiger partial charge in [-0.1, -0.05) is 0 Å². The molecule has 0 spiro atoms. The van der Waals surface area contributed by atoms with Crippen molar-refractivity contribution in [3.63, 3.8) is 0 Å². The highest BCUT2D eigenvalue weighted by atomic mass is 127. The van der Waals surface area contributed by atoms with E-state index in [9.17, 15) is 0 Å². The summed E-state index contributed by atoms with van der Waals surface area (Å²) in [6.07, 6.45) is 6.46. The van der Waals surface area contributed by atoms with E-state index in [1.54, 1.807) is 0 Å². The molecule has 22 heavy (non-hydrogen) atoms. The van der Waals surface area contributed by atoms with Gasteiger partial charge in [-0.2, -0.15) is 0 Å². The summed E-state index contributed by atoms with van der Waals surface area (Å²) in [6, 6.07) is 0. The van der Waals surface area contributed by atoms with Gasteiger partial charge in [0.05, 0.1) is 6.61 Å². The highest BCUT2D eigenvalue weighted by molar-refractivity contribution is 14.0. The lowest BCUT2D eigenvalue weighted by molar-refractivity contribution is 0.181. The molecule has 0 aliphatic carbocycles. The number of likely N-dealkylation sites (tertiary alicyclic amines) is 1. The summed E-state index contributed by atoms with van der Waals surface area (Å²) in [7, 11) is 3.99. The number of nitrogens with zero attached hydrogens (tertiary/aromatic N) is 3. The molecule has 0 bridgehead atoms. The number of halogens is 1. The first-order chi connectivity index (χ1) is 10.3. The Labute approximate surface area is 152 Å². The number of hydrogen-bond donors (Lipinski definition) is 1. The van der Waals surface area contributed by atoms with E-state index in [0.717, 1.165) is 32.3 Å². The number of ether oxygens (including phenoxy) is 1. The second kappa shape index (κ2) is 11.5. The first-order valence-electron chi connectivity index (χ1n) is 8.51. The molecule has 0 radical (unpaired) electrons. The molecule has 0 saturated carbocycles. The van der Waals surface area contributed by atoms with Crippen molar-refractivity contribution in [2.45, 2.75) is 32.1 Å². The van der Waals surface area contributed by atoms with Crippen molar-refractivity contribution in [1.82, 2.24) is 15.1 Å². The van der Waals surface area contributed by atoms with Crippen LogP contribution in [0.1, 0.15) is 32.1 Å². The van der Waals surface area contributed by atoms with Gasteiger partial charge < -0.3 is 19.9 Å². The molecule has 2 saturated heterocycles. The summed E-state index contributed by atoms with van der Waals surface area (Å²) < 4.78 is 5.44. The zero-order chi connectivity index (χ0) is 14.9. The topological polar surface area (TPSA) is 40.1 Å². The van der Waals surface area contributed by atoms with Crippen LogP contribution in [0.3, 0.4) is 0 Å². The van der Waals surface area contributed by atoms with Gasteiger partial charge >= 0.3 is 0 Å². The van der Waals surface area contributed by atoms with E-state index in [4.69, 9.17) is 4.74 Å². The van der Waals surface area contributed by atoms with E-state index in [1.807, 2.05) is 7.05 Å². The lowest BCUT2D eigenvalue weighted by Crippen LogP contribution is -2.41. The molecular formula is C16H33IN4O. The Morgan fingerprint density at radius 2 is 2.09 bits per heavy atom. The van der Waals surface area contributed by atoms with Crippen LogP contribution in [0.5, 0.6) is 0 Å². The molecule has 0 amide bonds. The Hall–Kier alpha value is -0.0800. The van der Waals surface area contributed by atoms with Crippen LogP contribution in [-0.4, -0.2) is 75.8 Å².